The zero-order valence-electron chi connectivity index (χ0n) is 5.49. The van der Waals surface area contributed by atoms with Crippen LogP contribution in [0.2, 0.25) is 0 Å². The van der Waals surface area contributed by atoms with Crippen molar-refractivity contribution in [1.82, 2.24) is 0 Å². The van der Waals surface area contributed by atoms with E-state index < -0.39 is 0 Å². The van der Waals surface area contributed by atoms with Crippen LogP contribution in [0.3, 0.4) is 0 Å². The Kier molecular flexibility index (Phi) is 5.13. The normalized spacial score (nSPS) is 7.27. The lowest BCUT2D eigenvalue weighted by Crippen LogP contribution is -2.05. The van der Waals surface area contributed by atoms with E-state index in [-0.39, 0.29) is 18.8 Å². The van der Waals surface area contributed by atoms with E-state index in [0.29, 0.717) is 0 Å². The van der Waals surface area contributed by atoms with Crippen molar-refractivity contribution in [1.29, 1.82) is 0 Å². The van der Waals surface area contributed by atoms with Crippen molar-refractivity contribution in [3.05, 3.63) is 20.9 Å². The molecule has 0 aromatic carbocycles. The molecule has 0 radical (unpaired) electrons. The third-order valence-electron chi connectivity index (χ3n) is 0.774. The molecule has 0 aromatic heterocycles. The summed E-state index contributed by atoms with van der Waals surface area (Å²) in [6.45, 7) is -0.183. The van der Waals surface area contributed by atoms with Gasteiger partial charge in [-0.2, -0.15) is 0 Å². The smallest absolute Gasteiger partial charge is 0.0686 e. The van der Waals surface area contributed by atoms with Crippen molar-refractivity contribution in [3.63, 3.8) is 0 Å². The summed E-state index contributed by atoms with van der Waals surface area (Å²) < 4.78 is 0. The summed E-state index contributed by atoms with van der Waals surface area (Å²) in [6.07, 6.45) is 0. The minimum atomic E-state index is -0.0913. The van der Waals surface area contributed by atoms with Gasteiger partial charge in [0.15, 0.2) is 0 Å². The number of oxime groups is 1. The Bertz CT molecular complexity index is 210. The quantitative estimate of drug-likeness (QED) is 0.161. The molecule has 0 aromatic rings. The minimum absolute atomic E-state index is 0.0913. The fourth-order valence-electron chi connectivity index (χ4n) is 0.340. The summed E-state index contributed by atoms with van der Waals surface area (Å²) in [5.41, 5.74) is 15.8. The van der Waals surface area contributed by atoms with E-state index in [1.165, 1.54) is 0 Å². The Morgan fingerprint density at radius 3 is 1.91 bits per heavy atom. The van der Waals surface area contributed by atoms with E-state index in [2.05, 4.69) is 25.2 Å². The molecule has 0 amide bonds. The second-order valence-electron chi connectivity index (χ2n) is 1.44. The van der Waals surface area contributed by atoms with Crippen molar-refractivity contribution in [3.8, 4) is 0 Å². The third kappa shape index (κ3) is 4.58. The van der Waals surface area contributed by atoms with E-state index >= 15 is 0 Å². The number of azide groups is 2. The summed E-state index contributed by atoms with van der Waals surface area (Å²) in [5, 5.41) is 17.2. The van der Waals surface area contributed by atoms with Crippen LogP contribution in [0.15, 0.2) is 15.4 Å². The van der Waals surface area contributed by atoms with Gasteiger partial charge >= 0.3 is 0 Å². The third-order valence-corrected chi connectivity index (χ3v) is 0.774. The maximum atomic E-state index is 8.20. The number of hydrogen-bond acceptors (Lipinski definition) is 4. The molecule has 0 spiro atoms. The molecule has 0 unspecified atom stereocenters. The van der Waals surface area contributed by atoms with Crippen molar-refractivity contribution < 1.29 is 5.21 Å². The van der Waals surface area contributed by atoms with Crippen molar-refractivity contribution in [2.45, 2.75) is 0 Å². The Balaban J connectivity index is 3.97. The van der Waals surface area contributed by atoms with E-state index in [4.69, 9.17) is 16.3 Å². The first-order chi connectivity index (χ1) is 5.35. The van der Waals surface area contributed by atoms with Gasteiger partial charge < -0.3 is 5.21 Å². The molecule has 0 aliphatic heterocycles. The van der Waals surface area contributed by atoms with Gasteiger partial charge in [-0.05, 0) is 11.1 Å². The van der Waals surface area contributed by atoms with Gasteiger partial charge in [-0.15, -0.1) is 0 Å². The first kappa shape index (κ1) is 9.09. The summed E-state index contributed by atoms with van der Waals surface area (Å²) in [4.78, 5) is 4.86. The molecule has 0 fully saturated rings. The average Bonchev–Trinajstić information content (AvgIpc) is 2.05. The topological polar surface area (TPSA) is 130 Å². The summed E-state index contributed by atoms with van der Waals surface area (Å²) in [5.74, 6) is 0. The van der Waals surface area contributed by atoms with Crippen LogP contribution in [-0.4, -0.2) is 24.0 Å². The van der Waals surface area contributed by atoms with E-state index in [9.17, 15) is 0 Å². The predicted octanol–water partition coefficient (Wildman–Crippen LogP) is 1.44. The first-order valence-corrected chi connectivity index (χ1v) is 2.56. The molecule has 0 heterocycles. The summed E-state index contributed by atoms with van der Waals surface area (Å²) >= 11 is 0. The Labute approximate surface area is 61.4 Å². The highest BCUT2D eigenvalue weighted by Gasteiger charge is 1.94. The lowest BCUT2D eigenvalue weighted by Gasteiger charge is -1.90. The van der Waals surface area contributed by atoms with Crippen LogP contribution >= 0.6 is 0 Å². The molecule has 0 aliphatic rings. The molecule has 11 heavy (non-hydrogen) atoms. The van der Waals surface area contributed by atoms with Crippen LogP contribution in [0.4, 0.5) is 0 Å². The zero-order valence-corrected chi connectivity index (χ0v) is 5.49. The lowest BCUT2D eigenvalue weighted by molar-refractivity contribution is 0.317. The molecule has 8 heteroatoms. The Hall–Kier alpha value is -1.91. The molecule has 0 bridgehead atoms. The van der Waals surface area contributed by atoms with Crippen LogP contribution < -0.4 is 0 Å². The molecule has 0 saturated carbocycles. The van der Waals surface area contributed by atoms with Gasteiger partial charge in [0.2, 0.25) is 0 Å². The van der Waals surface area contributed by atoms with Crippen molar-refractivity contribution >= 4 is 5.71 Å². The predicted molar refractivity (Wildman–Crippen MR) is 37.2 cm³/mol. The van der Waals surface area contributed by atoms with Gasteiger partial charge in [-0.3, -0.25) is 0 Å². The summed E-state index contributed by atoms with van der Waals surface area (Å²) in [6, 6.07) is 0. The van der Waals surface area contributed by atoms with Crippen LogP contribution in [0.1, 0.15) is 0 Å². The molecule has 0 atom stereocenters. The van der Waals surface area contributed by atoms with Gasteiger partial charge in [0.25, 0.3) is 0 Å². The molecule has 0 saturated heterocycles. The number of hydrogen-bond donors (Lipinski definition) is 1. The maximum absolute atomic E-state index is 8.20. The Morgan fingerprint density at radius 1 is 1.18 bits per heavy atom. The lowest BCUT2D eigenvalue weighted by atomic mass is 10.4. The van der Waals surface area contributed by atoms with Crippen molar-refractivity contribution in [2.75, 3.05) is 13.1 Å². The molecule has 0 rings (SSSR count). The van der Waals surface area contributed by atoms with E-state index in [1.807, 2.05) is 0 Å². The average molecular weight is 155 g/mol. The number of rotatable bonds is 4. The SMILES string of the molecule is [N-]=[N+]=NCC(CN=[N+]=[N-])=NO. The fourth-order valence-corrected chi connectivity index (χ4v) is 0.340. The first-order valence-electron chi connectivity index (χ1n) is 2.56. The molecular formula is C3H5N7O. The highest BCUT2D eigenvalue weighted by molar-refractivity contribution is 5.87. The van der Waals surface area contributed by atoms with Crippen LogP contribution in [-0.2, 0) is 0 Å². The highest BCUT2D eigenvalue weighted by Crippen LogP contribution is 1.82. The van der Waals surface area contributed by atoms with E-state index in [1.54, 1.807) is 0 Å². The summed E-state index contributed by atoms with van der Waals surface area (Å²) in [7, 11) is 0. The van der Waals surface area contributed by atoms with Gasteiger partial charge in [-0.1, -0.05) is 15.4 Å². The second-order valence-corrected chi connectivity index (χ2v) is 1.44. The number of nitrogens with zero attached hydrogens (tertiary/aromatic N) is 7. The van der Waals surface area contributed by atoms with Crippen LogP contribution in [0.5, 0.6) is 0 Å². The van der Waals surface area contributed by atoms with Gasteiger partial charge in [0.05, 0.1) is 18.8 Å². The van der Waals surface area contributed by atoms with Crippen LogP contribution in [0, 0.1) is 0 Å². The van der Waals surface area contributed by atoms with E-state index in [0.717, 1.165) is 0 Å². The van der Waals surface area contributed by atoms with Gasteiger partial charge in [0, 0.05) is 9.82 Å². The monoisotopic (exact) mass is 155 g/mol. The fraction of sp³-hybridized carbons (Fsp3) is 0.667. The molecule has 1 N–H and O–H groups in total. The van der Waals surface area contributed by atoms with Crippen molar-refractivity contribution in [2.24, 2.45) is 15.4 Å². The second kappa shape index (κ2) is 6.21. The van der Waals surface area contributed by atoms with Gasteiger partial charge in [-0.25, -0.2) is 0 Å². The Morgan fingerprint density at radius 2 is 1.64 bits per heavy atom. The molecular weight excluding hydrogens is 150 g/mol. The van der Waals surface area contributed by atoms with Gasteiger partial charge in [0.1, 0.15) is 0 Å². The maximum Gasteiger partial charge on any atom is 0.0686 e. The molecule has 58 valence electrons. The molecule has 0 aliphatic carbocycles. The van der Waals surface area contributed by atoms with Crippen LogP contribution in [0.25, 0.3) is 20.9 Å². The highest BCUT2D eigenvalue weighted by atomic mass is 16.4. The standard InChI is InChI=1S/C3H5N7O/c4-9-6-1-3(8-11)2-7-10-5/h11H,1-2H2. The molecule has 8 nitrogen and oxygen atoms in total. The minimum Gasteiger partial charge on any atom is -0.411 e. The zero-order chi connectivity index (χ0) is 8.53. The largest absolute Gasteiger partial charge is 0.411 e.